The van der Waals surface area contributed by atoms with E-state index in [1.165, 1.54) is 0 Å². The van der Waals surface area contributed by atoms with Gasteiger partial charge in [0.05, 0.1) is 5.02 Å². The summed E-state index contributed by atoms with van der Waals surface area (Å²) in [5.41, 5.74) is 1.57. The Bertz CT molecular complexity index is 842. The molecule has 2 unspecified atom stereocenters. The zero-order valence-electron chi connectivity index (χ0n) is 16.1. The third-order valence-corrected chi connectivity index (χ3v) is 4.82. The fourth-order valence-corrected chi connectivity index (χ4v) is 2.81. The fraction of sp³-hybridized carbons (Fsp3) is 0.333. The molecule has 0 radical (unpaired) electrons. The standard InChI is InChI=1S/C21H24Cl2N2O3/c1-4-13(2)20(26)25-17-7-5-6-15(10-17)12-24-21(27)14(3)28-19-9-8-16(22)11-18(19)23/h5-11,13-14H,4,12H2,1-3H3,(H,24,27)(H,25,26). The molecule has 0 bridgehead atoms. The first-order valence-electron chi connectivity index (χ1n) is 9.09. The number of carbonyl (C=O) groups is 2. The molecule has 0 aliphatic heterocycles. The van der Waals surface area contributed by atoms with Crippen molar-refractivity contribution in [3.63, 3.8) is 0 Å². The molecule has 2 rings (SSSR count). The minimum Gasteiger partial charge on any atom is -0.479 e. The number of benzene rings is 2. The van der Waals surface area contributed by atoms with Crippen LogP contribution < -0.4 is 15.4 Å². The van der Waals surface area contributed by atoms with Gasteiger partial charge in [0, 0.05) is 23.2 Å². The maximum absolute atomic E-state index is 12.3. The highest BCUT2D eigenvalue weighted by molar-refractivity contribution is 6.35. The highest BCUT2D eigenvalue weighted by Crippen LogP contribution is 2.28. The summed E-state index contributed by atoms with van der Waals surface area (Å²) in [6.45, 7) is 5.81. The minimum atomic E-state index is -0.730. The molecular weight excluding hydrogens is 399 g/mol. The number of carbonyl (C=O) groups excluding carboxylic acids is 2. The van der Waals surface area contributed by atoms with Gasteiger partial charge in [0.2, 0.25) is 5.91 Å². The largest absolute Gasteiger partial charge is 0.479 e. The van der Waals surface area contributed by atoms with Crippen molar-refractivity contribution in [3.05, 3.63) is 58.1 Å². The summed E-state index contributed by atoms with van der Waals surface area (Å²) >= 11 is 11.9. The molecule has 0 heterocycles. The molecule has 0 saturated heterocycles. The summed E-state index contributed by atoms with van der Waals surface area (Å²) in [5, 5.41) is 6.54. The topological polar surface area (TPSA) is 67.4 Å². The van der Waals surface area contributed by atoms with Crippen LogP contribution in [0.15, 0.2) is 42.5 Å². The minimum absolute atomic E-state index is 0.0226. The molecule has 2 atom stereocenters. The molecule has 2 aromatic rings. The number of hydrogen-bond donors (Lipinski definition) is 2. The lowest BCUT2D eigenvalue weighted by atomic mass is 10.1. The number of amides is 2. The van der Waals surface area contributed by atoms with Crippen LogP contribution in [0.3, 0.4) is 0 Å². The Balaban J connectivity index is 1.91. The van der Waals surface area contributed by atoms with E-state index < -0.39 is 6.10 Å². The van der Waals surface area contributed by atoms with Crippen LogP contribution in [0.1, 0.15) is 32.8 Å². The van der Waals surface area contributed by atoms with Gasteiger partial charge in [-0.3, -0.25) is 9.59 Å². The monoisotopic (exact) mass is 422 g/mol. The number of rotatable bonds is 8. The molecule has 0 saturated carbocycles. The lowest BCUT2D eigenvalue weighted by Gasteiger charge is -2.16. The van der Waals surface area contributed by atoms with Crippen LogP contribution in [-0.4, -0.2) is 17.9 Å². The van der Waals surface area contributed by atoms with E-state index in [1.54, 1.807) is 25.1 Å². The molecule has 0 aliphatic rings. The Labute approximate surface area is 175 Å². The predicted molar refractivity (Wildman–Crippen MR) is 113 cm³/mol. The van der Waals surface area contributed by atoms with Gasteiger partial charge in [-0.2, -0.15) is 0 Å². The van der Waals surface area contributed by atoms with Crippen molar-refractivity contribution < 1.29 is 14.3 Å². The van der Waals surface area contributed by atoms with Crippen LogP contribution in [0.4, 0.5) is 5.69 Å². The van der Waals surface area contributed by atoms with E-state index >= 15 is 0 Å². The normalized spacial score (nSPS) is 12.8. The molecule has 0 spiro atoms. The average Bonchev–Trinajstić information content (AvgIpc) is 2.67. The molecule has 0 fully saturated rings. The third kappa shape index (κ3) is 6.43. The number of nitrogens with one attached hydrogen (secondary N) is 2. The molecular formula is C21H24Cl2N2O3. The molecule has 0 aliphatic carbocycles. The molecule has 2 aromatic carbocycles. The van der Waals surface area contributed by atoms with Crippen LogP contribution in [0, 0.1) is 5.92 Å². The van der Waals surface area contributed by atoms with Crippen molar-refractivity contribution in [2.75, 3.05) is 5.32 Å². The van der Waals surface area contributed by atoms with Crippen LogP contribution in [0.2, 0.25) is 10.0 Å². The zero-order valence-corrected chi connectivity index (χ0v) is 17.6. The lowest BCUT2D eigenvalue weighted by Crippen LogP contribution is -2.36. The first-order chi connectivity index (χ1) is 13.3. The van der Waals surface area contributed by atoms with Gasteiger partial charge in [0.25, 0.3) is 5.91 Å². The lowest BCUT2D eigenvalue weighted by molar-refractivity contribution is -0.127. The van der Waals surface area contributed by atoms with Gasteiger partial charge >= 0.3 is 0 Å². The third-order valence-electron chi connectivity index (χ3n) is 4.29. The Morgan fingerprint density at radius 1 is 1.07 bits per heavy atom. The van der Waals surface area contributed by atoms with Gasteiger partial charge in [-0.1, -0.05) is 49.2 Å². The van der Waals surface area contributed by atoms with E-state index in [-0.39, 0.29) is 17.7 Å². The van der Waals surface area contributed by atoms with Crippen molar-refractivity contribution in [3.8, 4) is 5.75 Å². The van der Waals surface area contributed by atoms with Gasteiger partial charge in [-0.15, -0.1) is 0 Å². The summed E-state index contributed by atoms with van der Waals surface area (Å²) in [5.74, 6) is 0.0372. The van der Waals surface area contributed by atoms with Crippen LogP contribution in [0.5, 0.6) is 5.75 Å². The summed E-state index contributed by atoms with van der Waals surface area (Å²) in [4.78, 5) is 24.3. The summed E-state index contributed by atoms with van der Waals surface area (Å²) in [6.07, 6.45) is 0.0452. The van der Waals surface area contributed by atoms with E-state index in [9.17, 15) is 9.59 Å². The van der Waals surface area contributed by atoms with Crippen molar-refractivity contribution in [1.29, 1.82) is 0 Å². The van der Waals surface area contributed by atoms with E-state index in [0.29, 0.717) is 28.0 Å². The van der Waals surface area contributed by atoms with E-state index in [1.807, 2.05) is 38.1 Å². The summed E-state index contributed by atoms with van der Waals surface area (Å²) in [7, 11) is 0. The zero-order chi connectivity index (χ0) is 20.7. The maximum atomic E-state index is 12.3. The van der Waals surface area contributed by atoms with Crippen LogP contribution in [0.25, 0.3) is 0 Å². The second-order valence-corrected chi connectivity index (χ2v) is 7.40. The van der Waals surface area contributed by atoms with Crippen molar-refractivity contribution >= 4 is 40.7 Å². The van der Waals surface area contributed by atoms with Crippen LogP contribution >= 0.6 is 23.2 Å². The second-order valence-electron chi connectivity index (χ2n) is 6.55. The van der Waals surface area contributed by atoms with E-state index in [0.717, 1.165) is 12.0 Å². The molecule has 5 nitrogen and oxygen atoms in total. The smallest absolute Gasteiger partial charge is 0.261 e. The number of anilines is 1. The molecule has 150 valence electrons. The Kier molecular flexibility index (Phi) is 8.15. The van der Waals surface area contributed by atoms with E-state index in [4.69, 9.17) is 27.9 Å². The number of hydrogen-bond acceptors (Lipinski definition) is 3. The first-order valence-corrected chi connectivity index (χ1v) is 9.85. The molecule has 28 heavy (non-hydrogen) atoms. The predicted octanol–water partition coefficient (Wildman–Crippen LogP) is 5.06. The van der Waals surface area contributed by atoms with Gasteiger partial charge < -0.3 is 15.4 Å². The Hall–Kier alpha value is -2.24. The highest BCUT2D eigenvalue weighted by Gasteiger charge is 2.16. The molecule has 0 aromatic heterocycles. The van der Waals surface area contributed by atoms with E-state index in [2.05, 4.69) is 10.6 Å². The van der Waals surface area contributed by atoms with Crippen LogP contribution in [-0.2, 0) is 16.1 Å². The summed E-state index contributed by atoms with van der Waals surface area (Å²) < 4.78 is 5.61. The Morgan fingerprint density at radius 3 is 2.50 bits per heavy atom. The van der Waals surface area contributed by atoms with Crippen molar-refractivity contribution in [1.82, 2.24) is 5.32 Å². The SMILES string of the molecule is CCC(C)C(=O)Nc1cccc(CNC(=O)C(C)Oc2ccc(Cl)cc2Cl)c1. The first kappa shape index (κ1) is 22.1. The quantitative estimate of drug-likeness (QED) is 0.624. The van der Waals surface area contributed by atoms with Gasteiger partial charge in [-0.05, 0) is 49.2 Å². The van der Waals surface area contributed by atoms with Crippen molar-refractivity contribution in [2.24, 2.45) is 5.92 Å². The van der Waals surface area contributed by atoms with Gasteiger partial charge in [0.15, 0.2) is 6.10 Å². The second kappa shape index (κ2) is 10.3. The number of ether oxygens (including phenoxy) is 1. The molecule has 7 heteroatoms. The maximum Gasteiger partial charge on any atom is 0.261 e. The summed E-state index contributed by atoms with van der Waals surface area (Å²) in [6, 6.07) is 12.2. The molecule has 2 N–H and O–H groups in total. The fourth-order valence-electron chi connectivity index (χ4n) is 2.36. The molecule has 2 amide bonds. The van der Waals surface area contributed by atoms with Gasteiger partial charge in [-0.25, -0.2) is 0 Å². The highest BCUT2D eigenvalue weighted by atomic mass is 35.5. The van der Waals surface area contributed by atoms with Crippen molar-refractivity contribution in [2.45, 2.75) is 39.8 Å². The number of halogens is 2. The Morgan fingerprint density at radius 2 is 1.82 bits per heavy atom. The average molecular weight is 423 g/mol. The van der Waals surface area contributed by atoms with Gasteiger partial charge in [0.1, 0.15) is 5.75 Å².